The van der Waals surface area contributed by atoms with E-state index in [0.717, 1.165) is 31.7 Å². The van der Waals surface area contributed by atoms with E-state index in [-0.39, 0.29) is 6.04 Å². The van der Waals surface area contributed by atoms with Crippen LogP contribution in [0.1, 0.15) is 11.6 Å². The lowest BCUT2D eigenvalue weighted by Crippen LogP contribution is -2.48. The number of aliphatic hydroxyl groups excluding tert-OH is 1. The minimum absolute atomic E-state index is 0.315. The van der Waals surface area contributed by atoms with Gasteiger partial charge in [-0.25, -0.2) is 0 Å². The summed E-state index contributed by atoms with van der Waals surface area (Å²) >= 11 is 0. The van der Waals surface area contributed by atoms with Gasteiger partial charge in [0.15, 0.2) is 6.29 Å². The molecule has 4 nitrogen and oxygen atoms in total. The van der Waals surface area contributed by atoms with Gasteiger partial charge in [-0.05, 0) is 12.6 Å². The standard InChI is InChI=1S/C13H20N2O2/c1-14-7-9-15(10-8-14)12(13(16)17)11-5-3-2-4-6-11/h2-6,12-13,16-17H,7-10H2,1H3. The Morgan fingerprint density at radius 3 is 2.12 bits per heavy atom. The fourth-order valence-corrected chi connectivity index (χ4v) is 2.32. The van der Waals surface area contributed by atoms with Crippen LogP contribution in [0.3, 0.4) is 0 Å². The molecular weight excluding hydrogens is 216 g/mol. The maximum atomic E-state index is 9.58. The van der Waals surface area contributed by atoms with E-state index in [1.165, 1.54) is 0 Å². The molecule has 1 atom stereocenters. The molecule has 1 aromatic rings. The average molecular weight is 236 g/mol. The van der Waals surface area contributed by atoms with Gasteiger partial charge >= 0.3 is 0 Å². The van der Waals surface area contributed by atoms with Crippen LogP contribution in [0.2, 0.25) is 0 Å². The second-order valence-corrected chi connectivity index (χ2v) is 4.61. The van der Waals surface area contributed by atoms with E-state index in [9.17, 15) is 10.2 Å². The van der Waals surface area contributed by atoms with Crippen molar-refractivity contribution in [1.29, 1.82) is 0 Å². The Morgan fingerprint density at radius 1 is 1.00 bits per heavy atom. The van der Waals surface area contributed by atoms with Gasteiger partial charge in [-0.15, -0.1) is 0 Å². The minimum Gasteiger partial charge on any atom is -0.366 e. The third-order valence-corrected chi connectivity index (χ3v) is 3.35. The average Bonchev–Trinajstić information content (AvgIpc) is 2.33. The van der Waals surface area contributed by atoms with Crippen LogP contribution >= 0.6 is 0 Å². The van der Waals surface area contributed by atoms with Crippen molar-refractivity contribution in [2.24, 2.45) is 0 Å². The molecule has 4 heteroatoms. The Balaban J connectivity index is 2.13. The molecule has 0 aromatic heterocycles. The molecule has 2 rings (SSSR count). The number of hydrogen-bond donors (Lipinski definition) is 2. The van der Waals surface area contributed by atoms with Crippen molar-refractivity contribution in [3.63, 3.8) is 0 Å². The highest BCUT2D eigenvalue weighted by Crippen LogP contribution is 2.24. The lowest BCUT2D eigenvalue weighted by atomic mass is 10.0. The number of aliphatic hydroxyl groups is 2. The number of rotatable bonds is 3. The highest BCUT2D eigenvalue weighted by atomic mass is 16.5. The first-order chi connectivity index (χ1) is 8.18. The summed E-state index contributed by atoms with van der Waals surface area (Å²) in [5.41, 5.74) is 0.965. The Kier molecular flexibility index (Phi) is 4.12. The van der Waals surface area contributed by atoms with Crippen LogP contribution in [-0.4, -0.2) is 59.5 Å². The second kappa shape index (κ2) is 5.60. The molecule has 17 heavy (non-hydrogen) atoms. The van der Waals surface area contributed by atoms with Crippen LogP contribution in [0.5, 0.6) is 0 Å². The number of hydrogen-bond acceptors (Lipinski definition) is 4. The van der Waals surface area contributed by atoms with Crippen molar-refractivity contribution in [1.82, 2.24) is 9.80 Å². The SMILES string of the molecule is CN1CCN(C(c2ccccc2)C(O)O)CC1. The molecule has 1 saturated heterocycles. The largest absolute Gasteiger partial charge is 0.366 e. The van der Waals surface area contributed by atoms with Gasteiger partial charge in [0.1, 0.15) is 0 Å². The molecular formula is C13H20N2O2. The molecule has 1 fully saturated rings. The summed E-state index contributed by atoms with van der Waals surface area (Å²) in [4.78, 5) is 4.39. The van der Waals surface area contributed by atoms with Crippen LogP contribution in [0.25, 0.3) is 0 Å². The summed E-state index contributed by atoms with van der Waals surface area (Å²) < 4.78 is 0. The third-order valence-electron chi connectivity index (χ3n) is 3.35. The van der Waals surface area contributed by atoms with Crippen molar-refractivity contribution >= 4 is 0 Å². The van der Waals surface area contributed by atoms with Crippen molar-refractivity contribution in [3.8, 4) is 0 Å². The van der Waals surface area contributed by atoms with Gasteiger partial charge in [-0.2, -0.15) is 0 Å². The van der Waals surface area contributed by atoms with Gasteiger partial charge in [0.05, 0.1) is 6.04 Å². The smallest absolute Gasteiger partial charge is 0.171 e. The van der Waals surface area contributed by atoms with Gasteiger partial charge in [-0.3, -0.25) is 4.90 Å². The molecule has 0 saturated carbocycles. The van der Waals surface area contributed by atoms with E-state index in [1.54, 1.807) is 0 Å². The van der Waals surface area contributed by atoms with E-state index < -0.39 is 6.29 Å². The van der Waals surface area contributed by atoms with Crippen LogP contribution in [0.15, 0.2) is 30.3 Å². The lowest BCUT2D eigenvalue weighted by Gasteiger charge is -2.38. The maximum absolute atomic E-state index is 9.58. The van der Waals surface area contributed by atoms with E-state index in [4.69, 9.17) is 0 Å². The zero-order valence-electron chi connectivity index (χ0n) is 10.2. The van der Waals surface area contributed by atoms with Gasteiger partial charge < -0.3 is 15.1 Å². The maximum Gasteiger partial charge on any atom is 0.171 e. The molecule has 1 heterocycles. The normalized spacial score (nSPS) is 20.7. The quantitative estimate of drug-likeness (QED) is 0.740. The summed E-state index contributed by atoms with van der Waals surface area (Å²) in [5.74, 6) is 0. The van der Waals surface area contributed by atoms with Gasteiger partial charge in [-0.1, -0.05) is 30.3 Å². The first-order valence-corrected chi connectivity index (χ1v) is 6.02. The van der Waals surface area contributed by atoms with E-state index >= 15 is 0 Å². The Labute approximate surface area is 102 Å². The lowest BCUT2D eigenvalue weighted by molar-refractivity contribution is -0.108. The monoisotopic (exact) mass is 236 g/mol. The molecule has 1 unspecified atom stereocenters. The van der Waals surface area contributed by atoms with Crippen LogP contribution in [0.4, 0.5) is 0 Å². The molecule has 1 aliphatic heterocycles. The predicted octanol–water partition coefficient (Wildman–Crippen LogP) is 0.286. The third kappa shape index (κ3) is 3.04. The number of benzene rings is 1. The first kappa shape index (κ1) is 12.5. The summed E-state index contributed by atoms with van der Waals surface area (Å²) in [7, 11) is 2.09. The molecule has 94 valence electrons. The molecule has 0 amide bonds. The zero-order valence-corrected chi connectivity index (χ0v) is 10.2. The second-order valence-electron chi connectivity index (χ2n) is 4.61. The van der Waals surface area contributed by atoms with E-state index in [1.807, 2.05) is 30.3 Å². The molecule has 0 aliphatic carbocycles. The molecule has 0 radical (unpaired) electrons. The Hall–Kier alpha value is -0.940. The highest BCUT2D eigenvalue weighted by Gasteiger charge is 2.28. The molecule has 1 aromatic carbocycles. The molecule has 0 bridgehead atoms. The molecule has 1 aliphatic rings. The van der Waals surface area contributed by atoms with Crippen LogP contribution < -0.4 is 0 Å². The summed E-state index contributed by atoms with van der Waals surface area (Å²) in [6, 6.07) is 9.38. The highest BCUT2D eigenvalue weighted by molar-refractivity contribution is 5.19. The molecule has 2 N–H and O–H groups in total. The van der Waals surface area contributed by atoms with Crippen molar-refractivity contribution in [3.05, 3.63) is 35.9 Å². The van der Waals surface area contributed by atoms with Crippen molar-refractivity contribution < 1.29 is 10.2 Å². The van der Waals surface area contributed by atoms with Gasteiger partial charge in [0, 0.05) is 26.2 Å². The predicted molar refractivity (Wildman–Crippen MR) is 66.5 cm³/mol. The number of likely N-dealkylation sites (N-methyl/N-ethyl adjacent to an activating group) is 1. The van der Waals surface area contributed by atoms with E-state index in [2.05, 4.69) is 16.8 Å². The van der Waals surface area contributed by atoms with E-state index in [0.29, 0.717) is 0 Å². The number of nitrogens with zero attached hydrogens (tertiary/aromatic N) is 2. The zero-order chi connectivity index (χ0) is 12.3. The van der Waals surface area contributed by atoms with Crippen molar-refractivity contribution in [2.45, 2.75) is 12.3 Å². The first-order valence-electron chi connectivity index (χ1n) is 6.02. The van der Waals surface area contributed by atoms with Gasteiger partial charge in [0.2, 0.25) is 0 Å². The Bertz CT molecular complexity index is 335. The number of piperazine rings is 1. The van der Waals surface area contributed by atoms with Crippen molar-refractivity contribution in [2.75, 3.05) is 33.2 Å². The van der Waals surface area contributed by atoms with Crippen LogP contribution in [0, 0.1) is 0 Å². The minimum atomic E-state index is -1.33. The van der Waals surface area contributed by atoms with Crippen LogP contribution in [-0.2, 0) is 0 Å². The Morgan fingerprint density at radius 2 is 1.59 bits per heavy atom. The fourth-order valence-electron chi connectivity index (χ4n) is 2.32. The topological polar surface area (TPSA) is 46.9 Å². The summed E-state index contributed by atoms with van der Waals surface area (Å²) in [6.45, 7) is 3.67. The van der Waals surface area contributed by atoms with Gasteiger partial charge in [0.25, 0.3) is 0 Å². The summed E-state index contributed by atoms with van der Waals surface area (Å²) in [5, 5.41) is 19.2. The molecule has 0 spiro atoms. The fraction of sp³-hybridized carbons (Fsp3) is 0.538. The summed E-state index contributed by atoms with van der Waals surface area (Å²) in [6.07, 6.45) is -1.33.